The molecule has 0 aliphatic heterocycles. The Balaban J connectivity index is 2.95. The lowest BCUT2D eigenvalue weighted by Gasteiger charge is -2.19. The van der Waals surface area contributed by atoms with Gasteiger partial charge in [-0.1, -0.05) is 18.2 Å². The number of carbonyl (C=O) groups is 1. The molecule has 3 N–H and O–H groups in total. The van der Waals surface area contributed by atoms with Crippen LogP contribution in [-0.4, -0.2) is 23.1 Å². The van der Waals surface area contributed by atoms with Gasteiger partial charge >= 0.3 is 0 Å². The molecule has 0 fully saturated rings. The van der Waals surface area contributed by atoms with E-state index in [4.69, 9.17) is 0 Å². The van der Waals surface area contributed by atoms with Crippen LogP contribution in [0.25, 0.3) is 0 Å². The third kappa shape index (κ3) is 4.13. The van der Waals surface area contributed by atoms with Gasteiger partial charge in [-0.25, -0.2) is 0 Å². The molecule has 0 aromatic heterocycles. The van der Waals surface area contributed by atoms with E-state index < -0.39 is 6.23 Å². The van der Waals surface area contributed by atoms with Crippen molar-refractivity contribution in [3.05, 3.63) is 35.4 Å². The van der Waals surface area contributed by atoms with Gasteiger partial charge in [0.15, 0.2) is 0 Å². The van der Waals surface area contributed by atoms with Gasteiger partial charge in [-0.15, -0.1) is 0 Å². The average molecular weight is 250 g/mol. The van der Waals surface area contributed by atoms with Crippen molar-refractivity contribution in [1.29, 1.82) is 0 Å². The summed E-state index contributed by atoms with van der Waals surface area (Å²) in [5.41, 5.74) is 1.11. The maximum absolute atomic E-state index is 12.0. The molecular formula is C14H22N2O2. The van der Waals surface area contributed by atoms with Crippen molar-refractivity contribution in [2.75, 3.05) is 0 Å². The van der Waals surface area contributed by atoms with Gasteiger partial charge < -0.3 is 10.4 Å². The normalized spacial score (nSPS) is 12.8. The Bertz CT molecular complexity index is 403. The first kappa shape index (κ1) is 14.7. The highest BCUT2D eigenvalue weighted by Crippen LogP contribution is 2.16. The van der Waals surface area contributed by atoms with Crippen LogP contribution in [0.1, 0.15) is 49.8 Å². The molecule has 0 saturated carbocycles. The van der Waals surface area contributed by atoms with Crippen molar-refractivity contribution in [3.8, 4) is 0 Å². The highest BCUT2D eigenvalue weighted by molar-refractivity contribution is 5.95. The van der Waals surface area contributed by atoms with E-state index in [1.807, 2.05) is 33.8 Å². The summed E-state index contributed by atoms with van der Waals surface area (Å²) in [6, 6.07) is 7.29. The van der Waals surface area contributed by atoms with Crippen LogP contribution in [0.4, 0.5) is 0 Å². The highest BCUT2D eigenvalue weighted by Gasteiger charge is 2.17. The summed E-state index contributed by atoms with van der Waals surface area (Å²) in [5.74, 6) is -0.162. The van der Waals surface area contributed by atoms with E-state index in [0.29, 0.717) is 11.1 Å². The maximum atomic E-state index is 12.0. The van der Waals surface area contributed by atoms with Crippen molar-refractivity contribution in [3.63, 3.8) is 0 Å². The van der Waals surface area contributed by atoms with Gasteiger partial charge in [0.1, 0.15) is 6.23 Å². The smallest absolute Gasteiger partial charge is 0.251 e. The Labute approximate surface area is 108 Å². The quantitative estimate of drug-likeness (QED) is 0.698. The first-order chi connectivity index (χ1) is 8.41. The molecule has 1 aromatic rings. The second-order valence-electron chi connectivity index (χ2n) is 4.94. The number of nitrogens with one attached hydrogen (secondary N) is 2. The van der Waals surface area contributed by atoms with Crippen LogP contribution in [0.5, 0.6) is 0 Å². The predicted octanol–water partition coefficient (Wildman–Crippen LogP) is 1.81. The molecule has 0 saturated heterocycles. The van der Waals surface area contributed by atoms with E-state index in [9.17, 15) is 9.90 Å². The van der Waals surface area contributed by atoms with Crippen LogP contribution in [-0.2, 0) is 0 Å². The second kappa shape index (κ2) is 6.52. The Morgan fingerprint density at radius 2 is 1.72 bits per heavy atom. The van der Waals surface area contributed by atoms with Crippen LogP contribution in [0.2, 0.25) is 0 Å². The molecule has 0 aliphatic carbocycles. The minimum Gasteiger partial charge on any atom is -0.374 e. The Hall–Kier alpha value is -1.39. The summed E-state index contributed by atoms with van der Waals surface area (Å²) in [6.07, 6.45) is -0.834. The standard InChI is InChI=1S/C14H22N2O2/c1-9(2)15-13(17)11-7-5-6-8-12(11)14(18)16-10(3)4/h5-10,13,15,17H,1-4H3,(H,16,18). The topological polar surface area (TPSA) is 61.4 Å². The Morgan fingerprint density at radius 1 is 1.11 bits per heavy atom. The molecule has 1 aromatic carbocycles. The molecule has 0 heterocycles. The molecule has 1 unspecified atom stereocenters. The Kier molecular flexibility index (Phi) is 5.31. The molecule has 100 valence electrons. The number of carbonyl (C=O) groups excluding carboxylic acids is 1. The number of aliphatic hydroxyl groups excluding tert-OH is 1. The van der Waals surface area contributed by atoms with Crippen LogP contribution in [0.3, 0.4) is 0 Å². The van der Waals surface area contributed by atoms with Gasteiger partial charge in [0.25, 0.3) is 5.91 Å². The van der Waals surface area contributed by atoms with Crippen molar-refractivity contribution >= 4 is 5.91 Å². The maximum Gasteiger partial charge on any atom is 0.251 e. The molecule has 0 spiro atoms. The molecule has 1 amide bonds. The minimum atomic E-state index is -0.834. The van der Waals surface area contributed by atoms with Crippen molar-refractivity contribution in [2.45, 2.75) is 46.0 Å². The first-order valence-corrected chi connectivity index (χ1v) is 6.25. The van der Waals surface area contributed by atoms with Gasteiger partial charge in [0.2, 0.25) is 0 Å². The number of amides is 1. The summed E-state index contributed by atoms with van der Waals surface area (Å²) in [5, 5.41) is 15.9. The third-order valence-electron chi connectivity index (χ3n) is 2.41. The predicted molar refractivity (Wildman–Crippen MR) is 72.3 cm³/mol. The fraction of sp³-hybridized carbons (Fsp3) is 0.500. The summed E-state index contributed by atoms with van der Waals surface area (Å²) < 4.78 is 0. The highest BCUT2D eigenvalue weighted by atomic mass is 16.3. The van der Waals surface area contributed by atoms with E-state index >= 15 is 0 Å². The third-order valence-corrected chi connectivity index (χ3v) is 2.41. The van der Waals surface area contributed by atoms with Crippen LogP contribution < -0.4 is 10.6 Å². The average Bonchev–Trinajstić information content (AvgIpc) is 2.27. The molecule has 0 bridgehead atoms. The monoisotopic (exact) mass is 250 g/mol. The fourth-order valence-electron chi connectivity index (χ4n) is 1.69. The van der Waals surface area contributed by atoms with Gasteiger partial charge in [-0.2, -0.15) is 0 Å². The zero-order valence-electron chi connectivity index (χ0n) is 11.4. The lowest BCUT2D eigenvalue weighted by Crippen LogP contribution is -2.33. The zero-order valence-corrected chi connectivity index (χ0v) is 11.4. The largest absolute Gasteiger partial charge is 0.374 e. The van der Waals surface area contributed by atoms with Crippen molar-refractivity contribution < 1.29 is 9.90 Å². The molecule has 1 rings (SSSR count). The number of rotatable bonds is 5. The van der Waals surface area contributed by atoms with Crippen molar-refractivity contribution in [1.82, 2.24) is 10.6 Å². The van der Waals surface area contributed by atoms with Crippen LogP contribution >= 0.6 is 0 Å². The lowest BCUT2D eigenvalue weighted by atomic mass is 10.0. The van der Waals surface area contributed by atoms with E-state index in [1.54, 1.807) is 18.2 Å². The van der Waals surface area contributed by atoms with E-state index in [-0.39, 0.29) is 18.0 Å². The molecule has 0 radical (unpaired) electrons. The van der Waals surface area contributed by atoms with Gasteiger partial charge in [0.05, 0.1) is 0 Å². The SMILES string of the molecule is CC(C)NC(=O)c1ccccc1C(O)NC(C)C. The molecule has 4 nitrogen and oxygen atoms in total. The molecule has 1 atom stereocenters. The molecular weight excluding hydrogens is 228 g/mol. The van der Waals surface area contributed by atoms with E-state index in [0.717, 1.165) is 0 Å². The molecule has 18 heavy (non-hydrogen) atoms. The van der Waals surface area contributed by atoms with E-state index in [1.165, 1.54) is 0 Å². The fourth-order valence-corrected chi connectivity index (χ4v) is 1.69. The zero-order chi connectivity index (χ0) is 13.7. The number of hydrogen-bond acceptors (Lipinski definition) is 3. The summed E-state index contributed by atoms with van der Waals surface area (Å²) in [7, 11) is 0. The number of aliphatic hydroxyl groups is 1. The summed E-state index contributed by atoms with van der Waals surface area (Å²) in [6.45, 7) is 7.70. The molecule has 4 heteroatoms. The summed E-state index contributed by atoms with van der Waals surface area (Å²) >= 11 is 0. The Morgan fingerprint density at radius 3 is 2.28 bits per heavy atom. The minimum absolute atomic E-state index is 0.0701. The lowest BCUT2D eigenvalue weighted by molar-refractivity contribution is 0.0924. The van der Waals surface area contributed by atoms with Crippen molar-refractivity contribution in [2.24, 2.45) is 0 Å². The summed E-state index contributed by atoms with van der Waals surface area (Å²) in [4.78, 5) is 12.0. The number of benzene rings is 1. The van der Waals surface area contributed by atoms with Crippen LogP contribution in [0.15, 0.2) is 24.3 Å². The van der Waals surface area contributed by atoms with Gasteiger partial charge in [0, 0.05) is 23.2 Å². The van der Waals surface area contributed by atoms with E-state index in [2.05, 4.69) is 10.6 Å². The number of hydrogen-bond donors (Lipinski definition) is 3. The second-order valence-corrected chi connectivity index (χ2v) is 4.94. The van der Waals surface area contributed by atoms with Gasteiger partial charge in [-0.05, 0) is 33.8 Å². The van der Waals surface area contributed by atoms with Gasteiger partial charge in [-0.3, -0.25) is 10.1 Å². The molecule has 0 aliphatic rings. The first-order valence-electron chi connectivity index (χ1n) is 6.25. The van der Waals surface area contributed by atoms with Crippen LogP contribution in [0, 0.1) is 0 Å².